The summed E-state index contributed by atoms with van der Waals surface area (Å²) in [6.07, 6.45) is 1.30. The first kappa shape index (κ1) is 16.1. The van der Waals surface area contributed by atoms with Crippen molar-refractivity contribution in [1.82, 2.24) is 20.2 Å². The maximum absolute atomic E-state index is 12.8. The van der Waals surface area contributed by atoms with Crippen LogP contribution >= 0.6 is 0 Å². The third-order valence-corrected chi connectivity index (χ3v) is 3.13. The highest BCUT2D eigenvalue weighted by atomic mass is 19.1. The van der Waals surface area contributed by atoms with E-state index in [1.807, 2.05) is 0 Å². The van der Waals surface area contributed by atoms with Crippen molar-refractivity contribution in [3.63, 3.8) is 0 Å². The highest BCUT2D eigenvalue weighted by Crippen LogP contribution is 2.26. The average molecular weight is 339 g/mol. The lowest BCUT2D eigenvalue weighted by Crippen LogP contribution is -2.03. The molecule has 1 heterocycles. The zero-order chi connectivity index (χ0) is 17.6. The molecule has 0 atom stereocenters. The number of aromatic nitrogens is 4. The number of benzene rings is 2. The van der Waals surface area contributed by atoms with Crippen LogP contribution in [0.4, 0.5) is 10.1 Å². The Bertz CT molecular complexity index is 946. The van der Waals surface area contributed by atoms with Crippen LogP contribution in [0.1, 0.15) is 5.56 Å². The molecule has 0 aliphatic heterocycles. The van der Waals surface area contributed by atoms with Crippen molar-refractivity contribution in [2.24, 2.45) is 0 Å². The zero-order valence-electron chi connectivity index (χ0n) is 12.7. The molecule has 3 rings (SSSR count). The number of nitro benzene ring substituents is 1. The summed E-state index contributed by atoms with van der Waals surface area (Å²) >= 11 is 0. The van der Waals surface area contributed by atoms with Crippen LogP contribution in [0, 0.1) is 27.8 Å². The quantitative estimate of drug-likeness (QED) is 0.410. The molecule has 0 saturated heterocycles. The molecule has 1 aromatic heterocycles. The summed E-state index contributed by atoms with van der Waals surface area (Å²) in [5.74, 6) is 5.62. The Morgan fingerprint density at radius 3 is 2.72 bits per heavy atom. The largest absolute Gasteiger partial charge is 0.479 e. The van der Waals surface area contributed by atoms with Gasteiger partial charge in [0.1, 0.15) is 30.2 Å². The Hall–Kier alpha value is -3.80. The Kier molecular flexibility index (Phi) is 4.62. The minimum absolute atomic E-state index is 0.0321. The summed E-state index contributed by atoms with van der Waals surface area (Å²) in [4.78, 5) is 10.4. The highest BCUT2D eigenvalue weighted by molar-refractivity contribution is 5.53. The summed E-state index contributed by atoms with van der Waals surface area (Å²) in [5.41, 5.74) is 0.854. The molecule has 0 unspecified atom stereocenters. The lowest BCUT2D eigenvalue weighted by atomic mass is 10.2. The van der Waals surface area contributed by atoms with E-state index in [1.54, 1.807) is 12.1 Å². The lowest BCUT2D eigenvalue weighted by Gasteiger charge is -2.08. The second-order valence-electron chi connectivity index (χ2n) is 4.76. The molecule has 0 aliphatic carbocycles. The van der Waals surface area contributed by atoms with Gasteiger partial charge in [-0.3, -0.25) is 10.1 Å². The molecule has 0 amide bonds. The average Bonchev–Trinajstić information content (AvgIpc) is 3.14. The first-order valence-electron chi connectivity index (χ1n) is 7.02. The molecule has 0 saturated carbocycles. The molecule has 2 aromatic carbocycles. The van der Waals surface area contributed by atoms with Crippen LogP contribution in [-0.2, 0) is 0 Å². The number of nitro groups is 1. The molecule has 9 heteroatoms. The first-order valence-corrected chi connectivity index (χ1v) is 7.02. The molecule has 0 N–H and O–H groups in total. The van der Waals surface area contributed by atoms with E-state index in [2.05, 4.69) is 27.4 Å². The van der Waals surface area contributed by atoms with Crippen molar-refractivity contribution in [3.8, 4) is 23.3 Å². The van der Waals surface area contributed by atoms with Crippen molar-refractivity contribution < 1.29 is 14.1 Å². The van der Waals surface area contributed by atoms with Crippen LogP contribution in [0.3, 0.4) is 0 Å². The molecule has 0 bridgehead atoms. The predicted molar refractivity (Wildman–Crippen MR) is 84.6 cm³/mol. The Labute approximate surface area is 141 Å². The number of ether oxygens (including phenoxy) is 1. The molecular weight excluding hydrogens is 329 g/mol. The van der Waals surface area contributed by atoms with Crippen LogP contribution < -0.4 is 4.74 Å². The van der Waals surface area contributed by atoms with E-state index in [0.717, 1.165) is 0 Å². The van der Waals surface area contributed by atoms with E-state index in [-0.39, 0.29) is 18.1 Å². The summed E-state index contributed by atoms with van der Waals surface area (Å²) in [5, 5.41) is 21.7. The van der Waals surface area contributed by atoms with Gasteiger partial charge in [0.2, 0.25) is 0 Å². The molecule has 0 fully saturated rings. The van der Waals surface area contributed by atoms with Gasteiger partial charge in [0.15, 0.2) is 0 Å². The Morgan fingerprint density at radius 2 is 2.04 bits per heavy atom. The Morgan fingerprint density at radius 1 is 1.24 bits per heavy atom. The maximum atomic E-state index is 12.8. The van der Waals surface area contributed by atoms with Gasteiger partial charge in [-0.1, -0.05) is 11.8 Å². The molecule has 0 radical (unpaired) electrons. The minimum Gasteiger partial charge on any atom is -0.479 e. The van der Waals surface area contributed by atoms with E-state index in [9.17, 15) is 14.5 Å². The van der Waals surface area contributed by atoms with E-state index < -0.39 is 4.92 Å². The third-order valence-electron chi connectivity index (χ3n) is 3.13. The topological polar surface area (TPSA) is 96.0 Å². The number of non-ortho nitro benzene ring substituents is 1. The van der Waals surface area contributed by atoms with Gasteiger partial charge in [-0.25, -0.2) is 4.39 Å². The summed E-state index contributed by atoms with van der Waals surface area (Å²) in [7, 11) is 0. The summed E-state index contributed by atoms with van der Waals surface area (Å²) in [6, 6.07) is 9.82. The number of rotatable bonds is 4. The smallest absolute Gasteiger partial charge is 0.271 e. The Balaban J connectivity index is 1.78. The van der Waals surface area contributed by atoms with Crippen LogP contribution in [0.15, 0.2) is 48.8 Å². The molecule has 0 aliphatic rings. The summed E-state index contributed by atoms with van der Waals surface area (Å²) < 4.78 is 19.6. The van der Waals surface area contributed by atoms with Gasteiger partial charge >= 0.3 is 0 Å². The fraction of sp³-hybridized carbons (Fsp3) is 0.0625. The van der Waals surface area contributed by atoms with Gasteiger partial charge in [-0.2, -0.15) is 4.68 Å². The fourth-order valence-corrected chi connectivity index (χ4v) is 1.98. The standard InChI is InChI=1S/C16H10FN5O3/c17-13-5-3-12(4-6-13)2-1-9-25-16-8-7-14(22(23)24)10-15(16)21-11-18-19-20-21/h3-8,10-11H,9H2. The van der Waals surface area contributed by atoms with E-state index in [4.69, 9.17) is 4.74 Å². The zero-order valence-corrected chi connectivity index (χ0v) is 12.7. The van der Waals surface area contributed by atoms with E-state index >= 15 is 0 Å². The van der Waals surface area contributed by atoms with Gasteiger partial charge in [0, 0.05) is 17.7 Å². The number of tetrazole rings is 1. The third kappa shape index (κ3) is 3.94. The second kappa shape index (κ2) is 7.18. The molecule has 0 spiro atoms. The lowest BCUT2D eigenvalue weighted by molar-refractivity contribution is -0.384. The number of hydrogen-bond acceptors (Lipinski definition) is 6. The van der Waals surface area contributed by atoms with Gasteiger partial charge in [-0.15, -0.1) is 5.10 Å². The monoisotopic (exact) mass is 339 g/mol. The second-order valence-corrected chi connectivity index (χ2v) is 4.76. The predicted octanol–water partition coefficient (Wildman–Crippen LogP) is 2.14. The van der Waals surface area contributed by atoms with Gasteiger partial charge < -0.3 is 4.74 Å². The number of halogens is 1. The van der Waals surface area contributed by atoms with Crippen molar-refractivity contribution in [1.29, 1.82) is 0 Å². The normalized spacial score (nSPS) is 9.96. The number of nitrogens with zero attached hydrogens (tertiary/aromatic N) is 5. The molecule has 124 valence electrons. The van der Waals surface area contributed by atoms with Crippen LogP contribution in [-0.4, -0.2) is 31.7 Å². The van der Waals surface area contributed by atoms with Crippen molar-refractivity contribution >= 4 is 5.69 Å². The van der Waals surface area contributed by atoms with Gasteiger partial charge in [0.05, 0.1) is 4.92 Å². The molecule has 3 aromatic rings. The van der Waals surface area contributed by atoms with Crippen molar-refractivity contribution in [3.05, 3.63) is 70.3 Å². The van der Waals surface area contributed by atoms with Crippen molar-refractivity contribution in [2.75, 3.05) is 6.61 Å². The van der Waals surface area contributed by atoms with E-state index in [0.29, 0.717) is 17.0 Å². The van der Waals surface area contributed by atoms with E-state index in [1.165, 1.54) is 41.3 Å². The number of hydrogen-bond donors (Lipinski definition) is 0. The van der Waals surface area contributed by atoms with Crippen LogP contribution in [0.2, 0.25) is 0 Å². The summed E-state index contributed by atoms with van der Waals surface area (Å²) in [6.45, 7) is 0.0321. The van der Waals surface area contributed by atoms with Crippen LogP contribution in [0.25, 0.3) is 5.69 Å². The fourth-order valence-electron chi connectivity index (χ4n) is 1.98. The first-order chi connectivity index (χ1) is 12.1. The molecule has 8 nitrogen and oxygen atoms in total. The maximum Gasteiger partial charge on any atom is 0.271 e. The van der Waals surface area contributed by atoms with Crippen molar-refractivity contribution in [2.45, 2.75) is 0 Å². The van der Waals surface area contributed by atoms with Gasteiger partial charge in [0.25, 0.3) is 5.69 Å². The highest BCUT2D eigenvalue weighted by Gasteiger charge is 2.14. The van der Waals surface area contributed by atoms with Crippen LogP contribution in [0.5, 0.6) is 5.75 Å². The SMILES string of the molecule is O=[N+]([O-])c1ccc(OCC#Cc2ccc(F)cc2)c(-n2cnnn2)c1. The molecule has 25 heavy (non-hydrogen) atoms. The minimum atomic E-state index is -0.522. The van der Waals surface area contributed by atoms with Gasteiger partial charge in [-0.05, 0) is 40.8 Å². The molecular formula is C16H10FN5O3.